The molecule has 0 unspecified atom stereocenters. The maximum atomic E-state index is 12.5. The van der Waals surface area contributed by atoms with Crippen LogP contribution < -0.4 is 10.6 Å². The highest BCUT2D eigenvalue weighted by molar-refractivity contribution is 5.84. The van der Waals surface area contributed by atoms with Crippen molar-refractivity contribution >= 4 is 11.8 Å². The van der Waals surface area contributed by atoms with Crippen molar-refractivity contribution in [1.29, 1.82) is 0 Å². The summed E-state index contributed by atoms with van der Waals surface area (Å²) in [5.74, 6) is 0.0289. The fourth-order valence-electron chi connectivity index (χ4n) is 3.77. The Labute approximate surface area is 143 Å². The number of amides is 2. The second-order valence-electron chi connectivity index (χ2n) is 7.13. The normalized spacial score (nSPS) is 28.8. The smallest absolute Gasteiger partial charge is 0.223 e. The molecule has 136 valence electrons. The molecule has 2 saturated heterocycles. The molecular formula is C17H29N3O4. The molecule has 0 aromatic rings. The molecule has 0 bridgehead atoms. The zero-order valence-corrected chi connectivity index (χ0v) is 14.3. The van der Waals surface area contributed by atoms with Crippen LogP contribution in [0, 0.1) is 0 Å². The molecule has 2 heterocycles. The fraction of sp³-hybridized carbons (Fsp3) is 0.882. The number of ether oxygens (including phenoxy) is 2. The van der Waals surface area contributed by atoms with E-state index in [2.05, 4.69) is 10.6 Å². The molecule has 1 atom stereocenters. The van der Waals surface area contributed by atoms with Crippen molar-refractivity contribution in [2.24, 2.45) is 0 Å². The number of carbonyl (C=O) groups excluding carboxylic acids is 2. The summed E-state index contributed by atoms with van der Waals surface area (Å²) in [6, 6.07) is 0.313. The monoisotopic (exact) mass is 339 g/mol. The van der Waals surface area contributed by atoms with Gasteiger partial charge in [0.1, 0.15) is 5.60 Å². The summed E-state index contributed by atoms with van der Waals surface area (Å²) < 4.78 is 11.5. The van der Waals surface area contributed by atoms with Gasteiger partial charge in [0.15, 0.2) is 0 Å². The molecule has 3 fully saturated rings. The lowest BCUT2D eigenvalue weighted by molar-refractivity contribution is -0.158. The third-order valence-corrected chi connectivity index (χ3v) is 5.12. The number of hydrogen-bond donors (Lipinski definition) is 2. The number of nitrogens with zero attached hydrogens (tertiary/aromatic N) is 1. The predicted octanol–water partition coefficient (Wildman–Crippen LogP) is 0.0428. The van der Waals surface area contributed by atoms with E-state index >= 15 is 0 Å². The van der Waals surface area contributed by atoms with Gasteiger partial charge in [-0.25, -0.2) is 0 Å². The number of rotatable bonds is 4. The average molecular weight is 339 g/mol. The van der Waals surface area contributed by atoms with Gasteiger partial charge in [-0.3, -0.25) is 9.59 Å². The van der Waals surface area contributed by atoms with Crippen LogP contribution in [0.15, 0.2) is 0 Å². The van der Waals surface area contributed by atoms with Gasteiger partial charge in [0.2, 0.25) is 11.8 Å². The Hall–Kier alpha value is -1.18. The highest BCUT2D eigenvalue weighted by Gasteiger charge is 2.39. The van der Waals surface area contributed by atoms with Crippen molar-refractivity contribution in [3.8, 4) is 0 Å². The molecular weight excluding hydrogens is 310 g/mol. The largest absolute Gasteiger partial charge is 0.377 e. The van der Waals surface area contributed by atoms with Crippen LogP contribution in [0.3, 0.4) is 0 Å². The summed E-state index contributed by atoms with van der Waals surface area (Å²) in [5, 5.41) is 6.34. The quantitative estimate of drug-likeness (QED) is 0.756. The van der Waals surface area contributed by atoms with Crippen molar-refractivity contribution < 1.29 is 19.1 Å². The van der Waals surface area contributed by atoms with Crippen LogP contribution in [-0.2, 0) is 19.1 Å². The number of morpholine rings is 1. The Balaban J connectivity index is 1.44. The Morgan fingerprint density at radius 1 is 1.21 bits per heavy atom. The average Bonchev–Trinajstić information content (AvgIpc) is 2.99. The molecule has 3 rings (SSSR count). The van der Waals surface area contributed by atoms with Gasteiger partial charge in [-0.05, 0) is 12.8 Å². The van der Waals surface area contributed by atoms with E-state index in [1.165, 1.54) is 12.8 Å². The zero-order chi connectivity index (χ0) is 16.8. The molecule has 1 aliphatic carbocycles. The minimum atomic E-state index is -0.448. The molecule has 2 aliphatic heterocycles. The van der Waals surface area contributed by atoms with E-state index in [1.54, 1.807) is 0 Å². The molecule has 24 heavy (non-hydrogen) atoms. The molecule has 1 saturated carbocycles. The van der Waals surface area contributed by atoms with Gasteiger partial charge in [0.25, 0.3) is 0 Å². The zero-order valence-electron chi connectivity index (χ0n) is 14.3. The summed E-state index contributed by atoms with van der Waals surface area (Å²) in [6.45, 7) is 4.31. The maximum Gasteiger partial charge on any atom is 0.223 e. The third kappa shape index (κ3) is 4.68. The van der Waals surface area contributed by atoms with Crippen molar-refractivity contribution in [3.63, 3.8) is 0 Å². The first-order valence-electron chi connectivity index (χ1n) is 9.16. The highest BCUT2D eigenvalue weighted by atomic mass is 16.5. The summed E-state index contributed by atoms with van der Waals surface area (Å²) in [4.78, 5) is 26.3. The SMILES string of the molecule is O=C(CCC(=O)N1CCO[C@@]2(CNCCOC2)C1)NC1CCCC1. The van der Waals surface area contributed by atoms with Gasteiger partial charge in [-0.15, -0.1) is 0 Å². The Morgan fingerprint density at radius 2 is 2.04 bits per heavy atom. The molecule has 7 heteroatoms. The summed E-state index contributed by atoms with van der Waals surface area (Å²) in [6.07, 6.45) is 5.06. The van der Waals surface area contributed by atoms with Crippen LogP contribution in [0.2, 0.25) is 0 Å². The molecule has 0 aromatic heterocycles. The van der Waals surface area contributed by atoms with E-state index in [9.17, 15) is 9.59 Å². The van der Waals surface area contributed by atoms with Crippen molar-refractivity contribution in [3.05, 3.63) is 0 Å². The van der Waals surface area contributed by atoms with Gasteiger partial charge in [0.05, 0.1) is 26.4 Å². The molecule has 0 radical (unpaired) electrons. The number of nitrogens with one attached hydrogen (secondary N) is 2. The van der Waals surface area contributed by atoms with Crippen LogP contribution in [0.25, 0.3) is 0 Å². The molecule has 7 nitrogen and oxygen atoms in total. The van der Waals surface area contributed by atoms with Crippen molar-refractivity contribution in [2.45, 2.75) is 50.2 Å². The van der Waals surface area contributed by atoms with Gasteiger partial charge in [-0.2, -0.15) is 0 Å². The summed E-state index contributed by atoms with van der Waals surface area (Å²) in [7, 11) is 0. The van der Waals surface area contributed by atoms with Gasteiger partial charge in [-0.1, -0.05) is 12.8 Å². The van der Waals surface area contributed by atoms with E-state index in [0.29, 0.717) is 45.5 Å². The van der Waals surface area contributed by atoms with Gasteiger partial charge in [0, 0.05) is 38.5 Å². The first kappa shape index (κ1) is 17.6. The van der Waals surface area contributed by atoms with E-state index in [0.717, 1.165) is 19.4 Å². The maximum absolute atomic E-state index is 12.5. The van der Waals surface area contributed by atoms with Crippen LogP contribution >= 0.6 is 0 Å². The highest BCUT2D eigenvalue weighted by Crippen LogP contribution is 2.21. The second kappa shape index (κ2) is 8.27. The van der Waals surface area contributed by atoms with Crippen LogP contribution in [0.1, 0.15) is 38.5 Å². The number of carbonyl (C=O) groups is 2. The Morgan fingerprint density at radius 3 is 2.88 bits per heavy atom. The standard InChI is InChI=1S/C17H29N3O4/c21-15(19-14-3-1-2-4-14)5-6-16(22)20-8-10-24-17(12-20)11-18-7-9-23-13-17/h14,18H,1-13H2,(H,19,21)/t17-/m0/s1. The second-order valence-corrected chi connectivity index (χ2v) is 7.13. The van der Waals surface area contributed by atoms with Crippen LogP contribution in [0.5, 0.6) is 0 Å². The minimum absolute atomic E-state index is 0.00214. The third-order valence-electron chi connectivity index (χ3n) is 5.12. The van der Waals surface area contributed by atoms with Gasteiger partial charge < -0.3 is 25.0 Å². The molecule has 2 N–H and O–H groups in total. The molecule has 2 amide bonds. The Kier molecular flexibility index (Phi) is 6.08. The molecule has 1 spiro atoms. The first-order valence-corrected chi connectivity index (χ1v) is 9.16. The lowest BCUT2D eigenvalue weighted by Gasteiger charge is -2.41. The Bertz CT molecular complexity index is 443. The van der Waals surface area contributed by atoms with E-state index in [-0.39, 0.29) is 24.7 Å². The summed E-state index contributed by atoms with van der Waals surface area (Å²) in [5.41, 5.74) is -0.448. The lowest BCUT2D eigenvalue weighted by atomic mass is 10.0. The predicted molar refractivity (Wildman–Crippen MR) is 88.6 cm³/mol. The van der Waals surface area contributed by atoms with Crippen LogP contribution in [-0.4, -0.2) is 74.4 Å². The lowest BCUT2D eigenvalue weighted by Crippen LogP contribution is -2.59. The number of hydrogen-bond acceptors (Lipinski definition) is 5. The topological polar surface area (TPSA) is 79.9 Å². The minimum Gasteiger partial charge on any atom is -0.377 e. The van der Waals surface area contributed by atoms with Crippen molar-refractivity contribution in [2.75, 3.05) is 46.0 Å². The summed E-state index contributed by atoms with van der Waals surface area (Å²) >= 11 is 0. The molecule has 0 aromatic carbocycles. The fourth-order valence-corrected chi connectivity index (χ4v) is 3.77. The van der Waals surface area contributed by atoms with E-state index in [4.69, 9.17) is 9.47 Å². The molecule has 3 aliphatic rings. The van der Waals surface area contributed by atoms with E-state index in [1.807, 2.05) is 4.90 Å². The van der Waals surface area contributed by atoms with E-state index < -0.39 is 5.60 Å². The first-order chi connectivity index (χ1) is 11.7. The van der Waals surface area contributed by atoms with Gasteiger partial charge >= 0.3 is 0 Å². The van der Waals surface area contributed by atoms with Crippen molar-refractivity contribution in [1.82, 2.24) is 15.5 Å². The van der Waals surface area contributed by atoms with Crippen LogP contribution in [0.4, 0.5) is 0 Å².